The first-order valence-corrected chi connectivity index (χ1v) is 6.86. The Morgan fingerprint density at radius 2 is 2.15 bits per heavy atom. The Labute approximate surface area is 119 Å². The molecule has 1 aliphatic heterocycles. The van der Waals surface area contributed by atoms with Crippen LogP contribution < -0.4 is 4.90 Å². The summed E-state index contributed by atoms with van der Waals surface area (Å²) in [5.74, 6) is 0.0598. The second kappa shape index (κ2) is 6.37. The third-order valence-electron chi connectivity index (χ3n) is 3.61. The van der Waals surface area contributed by atoms with Crippen LogP contribution in [0.4, 0.5) is 10.5 Å². The molecule has 0 aromatic heterocycles. The minimum atomic E-state index is -0.481. The number of ether oxygens (including phenoxy) is 1. The highest BCUT2D eigenvalue weighted by atomic mass is 16.5. The molecule has 2 rings (SSSR count). The maximum Gasteiger partial charge on any atom is 0.418 e. The van der Waals surface area contributed by atoms with Gasteiger partial charge in [0, 0.05) is 17.7 Å². The molecular weight excluding hydrogens is 254 g/mol. The van der Waals surface area contributed by atoms with Crippen molar-refractivity contribution in [2.24, 2.45) is 0 Å². The molecule has 0 N–H and O–H groups in total. The van der Waals surface area contributed by atoms with Crippen molar-refractivity contribution in [3.05, 3.63) is 41.6 Å². The van der Waals surface area contributed by atoms with Crippen LogP contribution in [0.2, 0.25) is 0 Å². The van der Waals surface area contributed by atoms with Crippen molar-refractivity contribution in [3.63, 3.8) is 0 Å². The van der Waals surface area contributed by atoms with E-state index in [4.69, 9.17) is 4.74 Å². The van der Waals surface area contributed by atoms with Crippen LogP contribution in [-0.4, -0.2) is 19.5 Å². The SMILES string of the molecule is CCCC[C@H]1C(C=O)=CN(C(=O)OC)c2ccccc21. The summed E-state index contributed by atoms with van der Waals surface area (Å²) in [6.07, 6.45) is 4.99. The van der Waals surface area contributed by atoms with E-state index in [1.165, 1.54) is 12.0 Å². The van der Waals surface area contributed by atoms with E-state index in [0.29, 0.717) is 5.57 Å². The highest BCUT2D eigenvalue weighted by Crippen LogP contribution is 2.39. The van der Waals surface area contributed by atoms with Crippen LogP contribution in [0.3, 0.4) is 0 Å². The molecule has 0 radical (unpaired) electrons. The first kappa shape index (κ1) is 14.3. The van der Waals surface area contributed by atoms with Gasteiger partial charge in [-0.3, -0.25) is 9.69 Å². The molecule has 1 atom stereocenters. The van der Waals surface area contributed by atoms with Gasteiger partial charge in [0.25, 0.3) is 0 Å². The van der Waals surface area contributed by atoms with Crippen LogP contribution in [0.1, 0.15) is 37.7 Å². The van der Waals surface area contributed by atoms with Gasteiger partial charge in [-0.15, -0.1) is 0 Å². The summed E-state index contributed by atoms with van der Waals surface area (Å²) in [6, 6.07) is 7.66. The van der Waals surface area contributed by atoms with Crippen LogP contribution in [0.25, 0.3) is 0 Å². The monoisotopic (exact) mass is 273 g/mol. The number of carbonyl (C=O) groups is 2. The normalized spacial score (nSPS) is 17.2. The molecule has 4 nitrogen and oxygen atoms in total. The lowest BCUT2D eigenvalue weighted by molar-refractivity contribution is -0.105. The Hall–Kier alpha value is -2.10. The molecule has 0 saturated heterocycles. The van der Waals surface area contributed by atoms with E-state index < -0.39 is 6.09 Å². The number of amides is 1. The Morgan fingerprint density at radius 3 is 2.80 bits per heavy atom. The van der Waals surface area contributed by atoms with E-state index in [1.807, 2.05) is 24.3 Å². The average molecular weight is 273 g/mol. The number of para-hydroxylation sites is 1. The predicted octanol–water partition coefficient (Wildman–Crippen LogP) is 3.63. The maximum absolute atomic E-state index is 11.9. The molecule has 0 bridgehead atoms. The lowest BCUT2D eigenvalue weighted by atomic mass is 9.84. The van der Waals surface area contributed by atoms with Gasteiger partial charge in [-0.1, -0.05) is 38.0 Å². The first-order valence-electron chi connectivity index (χ1n) is 6.86. The lowest BCUT2D eigenvalue weighted by Gasteiger charge is -2.30. The molecule has 20 heavy (non-hydrogen) atoms. The zero-order chi connectivity index (χ0) is 14.5. The van der Waals surface area contributed by atoms with Gasteiger partial charge in [0.15, 0.2) is 0 Å². The summed E-state index contributed by atoms with van der Waals surface area (Å²) < 4.78 is 4.78. The van der Waals surface area contributed by atoms with Gasteiger partial charge in [-0.2, -0.15) is 0 Å². The molecule has 0 unspecified atom stereocenters. The van der Waals surface area contributed by atoms with E-state index in [1.54, 1.807) is 6.20 Å². The molecule has 1 aromatic carbocycles. The van der Waals surface area contributed by atoms with Crippen molar-refractivity contribution in [3.8, 4) is 0 Å². The Morgan fingerprint density at radius 1 is 1.40 bits per heavy atom. The van der Waals surface area contributed by atoms with Crippen molar-refractivity contribution in [1.82, 2.24) is 0 Å². The van der Waals surface area contributed by atoms with E-state index >= 15 is 0 Å². The second-order valence-corrected chi connectivity index (χ2v) is 4.84. The fraction of sp³-hybridized carbons (Fsp3) is 0.375. The minimum absolute atomic E-state index is 0.0598. The molecule has 0 spiro atoms. The average Bonchev–Trinajstić information content (AvgIpc) is 2.51. The smallest absolute Gasteiger partial charge is 0.418 e. The van der Waals surface area contributed by atoms with Crippen molar-refractivity contribution < 1.29 is 14.3 Å². The zero-order valence-electron chi connectivity index (χ0n) is 11.8. The summed E-state index contributed by atoms with van der Waals surface area (Å²) in [4.78, 5) is 24.6. The van der Waals surface area contributed by atoms with Crippen LogP contribution in [0, 0.1) is 0 Å². The van der Waals surface area contributed by atoms with Gasteiger partial charge in [-0.25, -0.2) is 4.79 Å². The molecule has 106 valence electrons. The molecule has 0 saturated carbocycles. The van der Waals surface area contributed by atoms with Gasteiger partial charge in [0.05, 0.1) is 12.8 Å². The van der Waals surface area contributed by atoms with Gasteiger partial charge >= 0.3 is 6.09 Å². The highest BCUT2D eigenvalue weighted by Gasteiger charge is 2.29. The Bertz CT molecular complexity index is 536. The molecule has 1 aliphatic rings. The quantitative estimate of drug-likeness (QED) is 0.787. The molecule has 0 fully saturated rings. The zero-order valence-corrected chi connectivity index (χ0v) is 11.8. The van der Waals surface area contributed by atoms with Crippen molar-refractivity contribution in [2.45, 2.75) is 32.1 Å². The predicted molar refractivity (Wildman–Crippen MR) is 77.7 cm³/mol. The Kier molecular flexibility index (Phi) is 4.56. The van der Waals surface area contributed by atoms with E-state index in [2.05, 4.69) is 6.92 Å². The number of hydrogen-bond acceptors (Lipinski definition) is 3. The fourth-order valence-corrected chi connectivity index (χ4v) is 2.58. The minimum Gasteiger partial charge on any atom is -0.452 e. The van der Waals surface area contributed by atoms with E-state index in [-0.39, 0.29) is 5.92 Å². The molecule has 1 amide bonds. The first-order chi connectivity index (χ1) is 9.72. The number of rotatable bonds is 4. The van der Waals surface area contributed by atoms with E-state index in [9.17, 15) is 9.59 Å². The van der Waals surface area contributed by atoms with Gasteiger partial charge in [0.2, 0.25) is 0 Å². The lowest BCUT2D eigenvalue weighted by Crippen LogP contribution is -2.31. The summed E-state index contributed by atoms with van der Waals surface area (Å²) in [6.45, 7) is 2.12. The number of aldehydes is 1. The Balaban J connectivity index is 2.46. The number of hydrogen-bond donors (Lipinski definition) is 0. The van der Waals surface area contributed by atoms with Gasteiger partial charge in [-0.05, 0) is 18.1 Å². The molecule has 1 aromatic rings. The van der Waals surface area contributed by atoms with Crippen LogP contribution >= 0.6 is 0 Å². The third kappa shape index (κ3) is 2.59. The van der Waals surface area contributed by atoms with Crippen LogP contribution in [-0.2, 0) is 9.53 Å². The van der Waals surface area contributed by atoms with Crippen molar-refractivity contribution in [1.29, 1.82) is 0 Å². The summed E-state index contributed by atoms with van der Waals surface area (Å²) in [7, 11) is 1.34. The van der Waals surface area contributed by atoms with Crippen molar-refractivity contribution >= 4 is 18.1 Å². The number of carbonyl (C=O) groups excluding carboxylic acids is 2. The second-order valence-electron chi connectivity index (χ2n) is 4.84. The summed E-state index contributed by atoms with van der Waals surface area (Å²) in [5, 5.41) is 0. The number of unbranched alkanes of at least 4 members (excludes halogenated alkanes) is 1. The topological polar surface area (TPSA) is 46.6 Å². The van der Waals surface area contributed by atoms with Crippen LogP contribution in [0.5, 0.6) is 0 Å². The molecule has 4 heteroatoms. The fourth-order valence-electron chi connectivity index (χ4n) is 2.58. The molecule has 1 heterocycles. The number of methoxy groups -OCH3 is 1. The number of nitrogens with zero attached hydrogens (tertiary/aromatic N) is 1. The third-order valence-corrected chi connectivity index (χ3v) is 3.61. The largest absolute Gasteiger partial charge is 0.452 e. The number of anilines is 1. The standard InChI is InChI=1S/C16H19NO3/c1-3-4-7-13-12(11-18)10-17(16(19)20-2)15-9-6-5-8-14(13)15/h5-6,8-11,13H,3-4,7H2,1-2H3/t13-/m0/s1. The van der Waals surface area contributed by atoms with Crippen LogP contribution in [0.15, 0.2) is 36.0 Å². The summed E-state index contributed by atoms with van der Waals surface area (Å²) in [5.41, 5.74) is 2.43. The molecule has 0 aliphatic carbocycles. The number of allylic oxidation sites excluding steroid dienone is 1. The van der Waals surface area contributed by atoms with Gasteiger partial charge < -0.3 is 4.74 Å². The highest BCUT2D eigenvalue weighted by molar-refractivity contribution is 5.95. The van der Waals surface area contributed by atoms with E-state index in [0.717, 1.165) is 36.8 Å². The molecular formula is C16H19NO3. The number of fused-ring (bicyclic) bond motifs is 1. The van der Waals surface area contributed by atoms with Gasteiger partial charge in [0.1, 0.15) is 6.29 Å². The summed E-state index contributed by atoms with van der Waals surface area (Å²) >= 11 is 0. The number of benzene rings is 1. The maximum atomic E-state index is 11.9. The van der Waals surface area contributed by atoms with Crippen molar-refractivity contribution in [2.75, 3.05) is 12.0 Å².